The Labute approximate surface area is 113 Å². The van der Waals surface area contributed by atoms with Gasteiger partial charge in [-0.1, -0.05) is 20.3 Å². The largest absolute Gasteiger partial charge is 0.390 e. The van der Waals surface area contributed by atoms with Crippen LogP contribution in [0.2, 0.25) is 0 Å². The number of likely N-dealkylation sites (tertiary alicyclic amines) is 1. The van der Waals surface area contributed by atoms with E-state index in [0.717, 1.165) is 45.4 Å². The zero-order valence-corrected chi connectivity index (χ0v) is 12.8. The second-order valence-corrected chi connectivity index (χ2v) is 6.72. The fraction of sp³-hybridized carbons (Fsp3) is 1.00. The first kappa shape index (κ1) is 15.9. The first-order valence-electron chi connectivity index (χ1n) is 7.50. The molecule has 0 saturated carbocycles. The molecule has 1 rings (SSSR count). The van der Waals surface area contributed by atoms with Crippen LogP contribution in [0, 0.1) is 5.41 Å². The molecule has 0 aromatic carbocycles. The third kappa shape index (κ3) is 5.25. The van der Waals surface area contributed by atoms with E-state index < -0.39 is 5.60 Å². The molecule has 0 aromatic rings. The predicted molar refractivity (Wildman–Crippen MR) is 77.9 cm³/mol. The van der Waals surface area contributed by atoms with Crippen LogP contribution in [0.25, 0.3) is 0 Å². The Morgan fingerprint density at radius 1 is 1.33 bits per heavy atom. The van der Waals surface area contributed by atoms with Gasteiger partial charge in [0.25, 0.3) is 0 Å². The second-order valence-electron chi connectivity index (χ2n) is 6.72. The molecule has 1 aliphatic heterocycles. The summed E-state index contributed by atoms with van der Waals surface area (Å²) in [7, 11) is 2.04. The summed E-state index contributed by atoms with van der Waals surface area (Å²) in [4.78, 5) is 2.55. The van der Waals surface area contributed by atoms with Crippen LogP contribution in [-0.2, 0) is 0 Å². The Kier molecular flexibility index (Phi) is 6.09. The molecule has 0 bridgehead atoms. The highest BCUT2D eigenvalue weighted by Gasteiger charge is 2.29. The van der Waals surface area contributed by atoms with Crippen LogP contribution in [-0.4, -0.2) is 48.8 Å². The molecule has 1 heterocycles. The topological polar surface area (TPSA) is 35.5 Å². The van der Waals surface area contributed by atoms with Crippen LogP contribution in [0.15, 0.2) is 0 Å². The highest BCUT2D eigenvalue weighted by Crippen LogP contribution is 2.27. The van der Waals surface area contributed by atoms with Crippen LogP contribution < -0.4 is 5.32 Å². The molecule has 1 aliphatic rings. The number of aliphatic hydroxyl groups is 1. The van der Waals surface area contributed by atoms with Crippen molar-refractivity contribution in [3.8, 4) is 0 Å². The van der Waals surface area contributed by atoms with Gasteiger partial charge in [-0.25, -0.2) is 0 Å². The van der Waals surface area contributed by atoms with Crippen molar-refractivity contribution in [3.63, 3.8) is 0 Å². The minimum atomic E-state index is -0.446. The van der Waals surface area contributed by atoms with Gasteiger partial charge >= 0.3 is 0 Å². The van der Waals surface area contributed by atoms with Crippen molar-refractivity contribution in [3.05, 3.63) is 0 Å². The van der Waals surface area contributed by atoms with Gasteiger partial charge in [0, 0.05) is 19.6 Å². The Bertz CT molecular complexity index is 235. The van der Waals surface area contributed by atoms with Crippen molar-refractivity contribution >= 4 is 0 Å². The molecule has 0 radical (unpaired) electrons. The SMILES string of the molecule is CCCC(C)(CNC)CN1CCCC(C)(O)CC1. The molecule has 2 atom stereocenters. The molecule has 2 unspecified atom stereocenters. The van der Waals surface area contributed by atoms with E-state index in [4.69, 9.17) is 0 Å². The van der Waals surface area contributed by atoms with Gasteiger partial charge in [0.05, 0.1) is 5.60 Å². The van der Waals surface area contributed by atoms with Crippen LogP contribution in [0.4, 0.5) is 0 Å². The highest BCUT2D eigenvalue weighted by molar-refractivity contribution is 4.84. The minimum absolute atomic E-state index is 0.361. The van der Waals surface area contributed by atoms with Crippen molar-refractivity contribution in [1.82, 2.24) is 10.2 Å². The summed E-state index contributed by atoms with van der Waals surface area (Å²) in [5, 5.41) is 13.5. The average molecular weight is 256 g/mol. The molecule has 0 amide bonds. The first-order chi connectivity index (χ1) is 8.41. The van der Waals surface area contributed by atoms with E-state index >= 15 is 0 Å². The molecule has 18 heavy (non-hydrogen) atoms. The van der Waals surface area contributed by atoms with Crippen molar-refractivity contribution in [1.29, 1.82) is 0 Å². The quantitative estimate of drug-likeness (QED) is 0.765. The van der Waals surface area contributed by atoms with Gasteiger partial charge in [-0.2, -0.15) is 0 Å². The van der Waals surface area contributed by atoms with Gasteiger partial charge in [0.2, 0.25) is 0 Å². The van der Waals surface area contributed by atoms with Crippen LogP contribution >= 0.6 is 0 Å². The van der Waals surface area contributed by atoms with Gasteiger partial charge in [-0.15, -0.1) is 0 Å². The van der Waals surface area contributed by atoms with Gasteiger partial charge in [0.1, 0.15) is 0 Å². The van der Waals surface area contributed by atoms with E-state index in [-0.39, 0.29) is 0 Å². The summed E-state index contributed by atoms with van der Waals surface area (Å²) in [6.07, 6.45) is 5.48. The van der Waals surface area contributed by atoms with Crippen LogP contribution in [0.1, 0.15) is 52.9 Å². The number of hydrogen-bond donors (Lipinski definition) is 2. The second kappa shape index (κ2) is 6.88. The Balaban J connectivity index is 2.53. The zero-order chi connectivity index (χ0) is 13.6. The molecule has 1 saturated heterocycles. The van der Waals surface area contributed by atoms with Gasteiger partial charge in [-0.3, -0.25) is 0 Å². The molecular formula is C15H32N2O. The van der Waals surface area contributed by atoms with Gasteiger partial charge < -0.3 is 15.3 Å². The molecule has 0 aliphatic carbocycles. The third-order valence-electron chi connectivity index (χ3n) is 4.22. The Morgan fingerprint density at radius 2 is 2.06 bits per heavy atom. The van der Waals surface area contributed by atoms with Crippen molar-refractivity contribution < 1.29 is 5.11 Å². The lowest BCUT2D eigenvalue weighted by atomic mass is 9.84. The summed E-state index contributed by atoms with van der Waals surface area (Å²) in [5.41, 5.74) is -0.0847. The molecule has 0 spiro atoms. The summed E-state index contributed by atoms with van der Waals surface area (Å²) in [5.74, 6) is 0. The number of nitrogens with one attached hydrogen (secondary N) is 1. The molecule has 1 fully saturated rings. The third-order valence-corrected chi connectivity index (χ3v) is 4.22. The maximum absolute atomic E-state index is 10.1. The van der Waals surface area contributed by atoms with Crippen LogP contribution in [0.3, 0.4) is 0 Å². The molecule has 2 N–H and O–H groups in total. The maximum Gasteiger partial charge on any atom is 0.0632 e. The summed E-state index contributed by atoms with van der Waals surface area (Å²) < 4.78 is 0. The molecule has 0 aromatic heterocycles. The minimum Gasteiger partial charge on any atom is -0.390 e. The van der Waals surface area contributed by atoms with Crippen molar-refractivity contribution in [2.75, 3.05) is 33.2 Å². The van der Waals surface area contributed by atoms with Crippen molar-refractivity contribution in [2.24, 2.45) is 5.41 Å². The van der Waals surface area contributed by atoms with E-state index in [1.54, 1.807) is 0 Å². The summed E-state index contributed by atoms with van der Waals surface area (Å²) in [6.45, 7) is 11.0. The number of rotatable bonds is 6. The fourth-order valence-corrected chi connectivity index (χ4v) is 3.27. The monoisotopic (exact) mass is 256 g/mol. The van der Waals surface area contributed by atoms with E-state index in [2.05, 4.69) is 24.1 Å². The molecule has 108 valence electrons. The predicted octanol–water partition coefficient (Wildman–Crippen LogP) is 2.25. The molecule has 3 heteroatoms. The van der Waals surface area contributed by atoms with Crippen molar-refractivity contribution in [2.45, 2.75) is 58.5 Å². The van der Waals surface area contributed by atoms with E-state index in [0.29, 0.717) is 5.41 Å². The van der Waals surface area contributed by atoms with E-state index in [1.807, 2.05) is 14.0 Å². The lowest BCUT2D eigenvalue weighted by molar-refractivity contribution is 0.0428. The van der Waals surface area contributed by atoms with Gasteiger partial charge in [-0.05, 0) is 51.6 Å². The van der Waals surface area contributed by atoms with Crippen LogP contribution in [0.5, 0.6) is 0 Å². The van der Waals surface area contributed by atoms with E-state index in [1.165, 1.54) is 12.8 Å². The first-order valence-corrected chi connectivity index (χ1v) is 7.50. The highest BCUT2D eigenvalue weighted by atomic mass is 16.3. The van der Waals surface area contributed by atoms with E-state index in [9.17, 15) is 5.11 Å². The Morgan fingerprint density at radius 3 is 2.67 bits per heavy atom. The lowest BCUT2D eigenvalue weighted by Crippen LogP contribution is -2.42. The average Bonchev–Trinajstić information content (AvgIpc) is 2.41. The smallest absolute Gasteiger partial charge is 0.0632 e. The lowest BCUT2D eigenvalue weighted by Gasteiger charge is -2.35. The maximum atomic E-state index is 10.1. The number of hydrogen-bond acceptors (Lipinski definition) is 3. The zero-order valence-electron chi connectivity index (χ0n) is 12.8. The molecular weight excluding hydrogens is 224 g/mol. The number of nitrogens with zero attached hydrogens (tertiary/aromatic N) is 1. The Hall–Kier alpha value is -0.120. The van der Waals surface area contributed by atoms with Gasteiger partial charge in [0.15, 0.2) is 0 Å². The summed E-state index contributed by atoms with van der Waals surface area (Å²) in [6, 6.07) is 0. The fourth-order valence-electron chi connectivity index (χ4n) is 3.27. The normalized spacial score (nSPS) is 29.8. The summed E-state index contributed by atoms with van der Waals surface area (Å²) >= 11 is 0. The molecule has 3 nitrogen and oxygen atoms in total. The standard InChI is InChI=1S/C15H32N2O/c1-5-7-14(2,12-16-4)13-17-10-6-8-15(3,18)9-11-17/h16,18H,5-13H2,1-4H3.